The minimum absolute atomic E-state index is 0.226. The fourth-order valence-electron chi connectivity index (χ4n) is 3.00. The van der Waals surface area contributed by atoms with Gasteiger partial charge < -0.3 is 5.73 Å². The van der Waals surface area contributed by atoms with Crippen molar-refractivity contribution in [3.63, 3.8) is 0 Å². The van der Waals surface area contributed by atoms with E-state index in [4.69, 9.17) is 18.0 Å². The molecule has 1 atom stereocenters. The highest BCUT2D eigenvalue weighted by Gasteiger charge is 2.29. The van der Waals surface area contributed by atoms with Crippen LogP contribution in [0.5, 0.6) is 0 Å². The summed E-state index contributed by atoms with van der Waals surface area (Å²) in [7, 11) is 1.92. The second kappa shape index (κ2) is 6.59. The number of nitrogens with zero attached hydrogens (tertiary/aromatic N) is 1. The highest BCUT2D eigenvalue weighted by molar-refractivity contribution is 7.80. The molecule has 0 heterocycles. The summed E-state index contributed by atoms with van der Waals surface area (Å²) in [6.07, 6.45) is 5.72. The van der Waals surface area contributed by atoms with Crippen molar-refractivity contribution >= 4 is 17.2 Å². The fraction of sp³-hybridized carbons (Fsp3) is 0.533. The number of hydrogen-bond acceptors (Lipinski definition) is 2. The summed E-state index contributed by atoms with van der Waals surface area (Å²) in [6, 6.07) is 3.44. The predicted molar refractivity (Wildman–Crippen MR) is 80.5 cm³/mol. The summed E-state index contributed by atoms with van der Waals surface area (Å²) in [4.78, 5) is 2.27. The molecule has 0 amide bonds. The molecule has 1 saturated carbocycles. The van der Waals surface area contributed by atoms with Crippen LogP contribution in [0, 0.1) is 11.6 Å². The van der Waals surface area contributed by atoms with Crippen molar-refractivity contribution in [1.82, 2.24) is 4.90 Å². The topological polar surface area (TPSA) is 29.3 Å². The molecule has 0 spiro atoms. The first-order chi connectivity index (χ1) is 9.50. The van der Waals surface area contributed by atoms with Gasteiger partial charge in [-0.3, -0.25) is 4.90 Å². The summed E-state index contributed by atoms with van der Waals surface area (Å²) in [5.41, 5.74) is 6.17. The van der Waals surface area contributed by atoms with Crippen molar-refractivity contribution < 1.29 is 8.78 Å². The van der Waals surface area contributed by atoms with Gasteiger partial charge in [0.1, 0.15) is 11.6 Å². The summed E-state index contributed by atoms with van der Waals surface area (Å²) in [6.45, 7) is 0. The van der Waals surface area contributed by atoms with E-state index in [1.807, 2.05) is 11.9 Å². The van der Waals surface area contributed by atoms with Gasteiger partial charge >= 0.3 is 0 Å². The maximum absolute atomic E-state index is 14.0. The van der Waals surface area contributed by atoms with Crippen LogP contribution in [-0.4, -0.2) is 23.0 Å². The van der Waals surface area contributed by atoms with Crippen LogP contribution in [0.25, 0.3) is 0 Å². The Labute approximate surface area is 123 Å². The largest absolute Gasteiger partial charge is 0.392 e. The lowest BCUT2D eigenvalue weighted by Crippen LogP contribution is -2.42. The van der Waals surface area contributed by atoms with Crippen LogP contribution in [-0.2, 0) is 0 Å². The van der Waals surface area contributed by atoms with E-state index >= 15 is 0 Å². The normalized spacial score (nSPS) is 18.2. The molecular weight excluding hydrogens is 278 g/mol. The lowest BCUT2D eigenvalue weighted by atomic mass is 9.92. The van der Waals surface area contributed by atoms with Gasteiger partial charge in [-0.05, 0) is 26.0 Å². The number of benzene rings is 1. The van der Waals surface area contributed by atoms with E-state index in [0.717, 1.165) is 18.9 Å². The van der Waals surface area contributed by atoms with Crippen LogP contribution in [0.2, 0.25) is 0 Å². The molecule has 2 nitrogen and oxygen atoms in total. The average Bonchev–Trinajstić information content (AvgIpc) is 2.42. The summed E-state index contributed by atoms with van der Waals surface area (Å²) < 4.78 is 27.1. The third-order valence-electron chi connectivity index (χ3n) is 4.08. The number of thiocarbonyl (C=S) groups is 1. The molecule has 0 aliphatic heterocycles. The van der Waals surface area contributed by atoms with Crippen LogP contribution in [0.1, 0.15) is 43.7 Å². The average molecular weight is 298 g/mol. The van der Waals surface area contributed by atoms with Gasteiger partial charge in [-0.1, -0.05) is 37.5 Å². The molecular formula is C15H20F2N2S. The molecule has 1 aromatic carbocycles. The van der Waals surface area contributed by atoms with E-state index in [-0.39, 0.29) is 4.99 Å². The standard InChI is InChI=1S/C15H20F2N2S/c1-19(11-5-3-2-4-6-11)14(15(18)20)12-8-7-10(16)9-13(12)17/h7-9,11,14H,2-6H2,1H3,(H2,18,20). The third-order valence-corrected chi connectivity index (χ3v) is 4.31. The Hall–Kier alpha value is -1.07. The van der Waals surface area contributed by atoms with E-state index in [1.54, 1.807) is 0 Å². The van der Waals surface area contributed by atoms with Gasteiger partial charge in [-0.2, -0.15) is 0 Å². The first-order valence-electron chi connectivity index (χ1n) is 6.97. The number of hydrogen-bond donors (Lipinski definition) is 1. The van der Waals surface area contributed by atoms with E-state index in [9.17, 15) is 8.78 Å². The summed E-state index contributed by atoms with van der Waals surface area (Å²) in [5.74, 6) is -1.18. The number of halogens is 2. The highest BCUT2D eigenvalue weighted by atomic mass is 32.1. The van der Waals surface area contributed by atoms with Gasteiger partial charge in [-0.25, -0.2) is 8.78 Å². The van der Waals surface area contributed by atoms with Crippen molar-refractivity contribution in [3.8, 4) is 0 Å². The van der Waals surface area contributed by atoms with E-state index in [0.29, 0.717) is 11.6 Å². The molecule has 20 heavy (non-hydrogen) atoms. The van der Waals surface area contributed by atoms with Gasteiger partial charge in [0.2, 0.25) is 0 Å². The predicted octanol–water partition coefficient (Wildman–Crippen LogP) is 3.56. The fourth-order valence-corrected chi connectivity index (χ4v) is 3.29. The zero-order chi connectivity index (χ0) is 14.7. The quantitative estimate of drug-likeness (QED) is 0.862. The van der Waals surface area contributed by atoms with E-state index in [2.05, 4.69) is 0 Å². The molecule has 0 bridgehead atoms. The molecule has 5 heteroatoms. The molecule has 0 radical (unpaired) electrons. The maximum Gasteiger partial charge on any atom is 0.131 e. The van der Waals surface area contributed by atoms with Crippen LogP contribution in [0.15, 0.2) is 18.2 Å². The Morgan fingerprint density at radius 3 is 2.50 bits per heavy atom. The van der Waals surface area contributed by atoms with Crippen LogP contribution >= 0.6 is 12.2 Å². The SMILES string of the molecule is CN(C1CCCCC1)C(C(N)=S)c1ccc(F)cc1F. The Bertz CT molecular complexity index is 487. The number of likely N-dealkylation sites (N-methyl/N-ethyl adjacent to an activating group) is 1. The first-order valence-corrected chi connectivity index (χ1v) is 7.37. The smallest absolute Gasteiger partial charge is 0.131 e. The number of nitrogens with two attached hydrogens (primary N) is 1. The van der Waals surface area contributed by atoms with Crippen LogP contribution in [0.3, 0.4) is 0 Å². The second-order valence-electron chi connectivity index (χ2n) is 5.43. The molecule has 1 aromatic rings. The van der Waals surface area contributed by atoms with Gasteiger partial charge in [0.05, 0.1) is 11.0 Å². The number of rotatable bonds is 4. The molecule has 0 saturated heterocycles. The molecule has 1 unspecified atom stereocenters. The van der Waals surface area contributed by atoms with E-state index < -0.39 is 17.7 Å². The lowest BCUT2D eigenvalue weighted by Gasteiger charge is -2.37. The molecule has 2 rings (SSSR count). The molecule has 1 aliphatic carbocycles. The molecule has 1 fully saturated rings. The molecule has 0 aromatic heterocycles. The molecule has 1 aliphatic rings. The molecule has 2 N–H and O–H groups in total. The Balaban J connectivity index is 2.28. The monoisotopic (exact) mass is 298 g/mol. The Morgan fingerprint density at radius 2 is 1.95 bits per heavy atom. The van der Waals surface area contributed by atoms with Crippen LogP contribution < -0.4 is 5.73 Å². The zero-order valence-electron chi connectivity index (χ0n) is 11.6. The summed E-state index contributed by atoms with van der Waals surface area (Å²) in [5, 5.41) is 0. The van der Waals surface area contributed by atoms with Crippen molar-refractivity contribution in [2.45, 2.75) is 44.2 Å². The van der Waals surface area contributed by atoms with Crippen molar-refractivity contribution in [2.75, 3.05) is 7.05 Å². The van der Waals surface area contributed by atoms with Crippen molar-refractivity contribution in [2.24, 2.45) is 5.73 Å². The van der Waals surface area contributed by atoms with Crippen LogP contribution in [0.4, 0.5) is 8.78 Å². The zero-order valence-corrected chi connectivity index (χ0v) is 12.4. The van der Waals surface area contributed by atoms with Gasteiger partial charge in [0.15, 0.2) is 0 Å². The second-order valence-corrected chi connectivity index (χ2v) is 5.90. The van der Waals surface area contributed by atoms with Crippen molar-refractivity contribution in [3.05, 3.63) is 35.4 Å². The minimum atomic E-state index is -0.592. The van der Waals surface area contributed by atoms with Gasteiger partial charge in [0, 0.05) is 17.7 Å². The Kier molecular flexibility index (Phi) is 5.05. The van der Waals surface area contributed by atoms with Gasteiger partial charge in [0.25, 0.3) is 0 Å². The first kappa shape index (κ1) is 15.3. The maximum atomic E-state index is 14.0. The van der Waals surface area contributed by atoms with Crippen molar-refractivity contribution in [1.29, 1.82) is 0 Å². The highest BCUT2D eigenvalue weighted by Crippen LogP contribution is 2.30. The minimum Gasteiger partial charge on any atom is -0.392 e. The summed E-state index contributed by atoms with van der Waals surface area (Å²) >= 11 is 5.11. The van der Waals surface area contributed by atoms with Gasteiger partial charge in [-0.15, -0.1) is 0 Å². The Morgan fingerprint density at radius 1 is 1.30 bits per heavy atom. The van der Waals surface area contributed by atoms with E-state index in [1.165, 1.54) is 31.4 Å². The lowest BCUT2D eigenvalue weighted by molar-refractivity contribution is 0.168. The molecule has 110 valence electrons. The third kappa shape index (κ3) is 3.33.